The van der Waals surface area contributed by atoms with Crippen molar-refractivity contribution in [3.63, 3.8) is 0 Å². The number of benzene rings is 2. The third-order valence-corrected chi connectivity index (χ3v) is 5.42. The average molecular weight is 419 g/mol. The number of thiazole rings is 1. The number of carbonyl (C=O) groups excluding carboxylic acids is 1. The quantitative estimate of drug-likeness (QED) is 0.472. The SMILES string of the molecule is O=C(Cc1csc2nc(-c3ccc(F)cc3)cn12)Nc1ccc(-n2cnnn2)cc1. The number of halogens is 1. The third kappa shape index (κ3) is 3.55. The fraction of sp³-hybridized carbons (Fsp3) is 0.0500. The highest BCUT2D eigenvalue weighted by Crippen LogP contribution is 2.24. The monoisotopic (exact) mass is 419 g/mol. The summed E-state index contributed by atoms with van der Waals surface area (Å²) in [5.41, 5.74) is 3.87. The van der Waals surface area contributed by atoms with Gasteiger partial charge in [-0.2, -0.15) is 0 Å². The number of aromatic nitrogens is 6. The Morgan fingerprint density at radius 2 is 1.90 bits per heavy atom. The summed E-state index contributed by atoms with van der Waals surface area (Å²) in [7, 11) is 0. The molecule has 5 rings (SSSR count). The lowest BCUT2D eigenvalue weighted by molar-refractivity contribution is -0.115. The second-order valence-corrected chi connectivity index (χ2v) is 7.38. The molecule has 10 heteroatoms. The number of amides is 1. The summed E-state index contributed by atoms with van der Waals surface area (Å²) < 4.78 is 16.6. The Bertz CT molecular complexity index is 1310. The molecular weight excluding hydrogens is 405 g/mol. The van der Waals surface area contributed by atoms with Crippen LogP contribution >= 0.6 is 11.3 Å². The zero-order chi connectivity index (χ0) is 20.5. The summed E-state index contributed by atoms with van der Waals surface area (Å²) in [6.45, 7) is 0. The van der Waals surface area contributed by atoms with Crippen LogP contribution in [0.3, 0.4) is 0 Å². The first-order chi connectivity index (χ1) is 14.7. The van der Waals surface area contributed by atoms with Gasteiger partial charge in [0.25, 0.3) is 0 Å². The van der Waals surface area contributed by atoms with Crippen LogP contribution in [0.15, 0.2) is 66.4 Å². The second kappa shape index (κ2) is 7.48. The number of imidazole rings is 1. The van der Waals surface area contributed by atoms with Gasteiger partial charge in [0.15, 0.2) is 4.96 Å². The van der Waals surface area contributed by atoms with Gasteiger partial charge in [-0.25, -0.2) is 14.1 Å². The molecule has 0 spiro atoms. The van der Waals surface area contributed by atoms with Crippen molar-refractivity contribution in [1.82, 2.24) is 29.6 Å². The molecule has 8 nitrogen and oxygen atoms in total. The number of nitrogens with one attached hydrogen (secondary N) is 1. The van der Waals surface area contributed by atoms with E-state index >= 15 is 0 Å². The molecule has 0 radical (unpaired) electrons. The van der Waals surface area contributed by atoms with E-state index in [0.717, 1.165) is 27.6 Å². The normalized spacial score (nSPS) is 11.1. The molecule has 0 aliphatic carbocycles. The van der Waals surface area contributed by atoms with Gasteiger partial charge in [0, 0.05) is 28.5 Å². The molecule has 1 N–H and O–H groups in total. The number of hydrogen-bond acceptors (Lipinski definition) is 6. The van der Waals surface area contributed by atoms with Gasteiger partial charge in [0.2, 0.25) is 5.91 Å². The molecule has 0 saturated heterocycles. The van der Waals surface area contributed by atoms with E-state index in [1.807, 2.05) is 28.1 Å². The highest BCUT2D eigenvalue weighted by molar-refractivity contribution is 7.15. The van der Waals surface area contributed by atoms with E-state index < -0.39 is 0 Å². The van der Waals surface area contributed by atoms with Gasteiger partial charge in [-0.1, -0.05) is 0 Å². The molecular formula is C20H14FN7OS. The van der Waals surface area contributed by atoms with Crippen molar-refractivity contribution in [2.24, 2.45) is 0 Å². The zero-order valence-electron chi connectivity index (χ0n) is 15.4. The topological polar surface area (TPSA) is 90.0 Å². The highest BCUT2D eigenvalue weighted by Gasteiger charge is 2.13. The van der Waals surface area contributed by atoms with E-state index in [1.54, 1.807) is 24.3 Å². The predicted molar refractivity (Wildman–Crippen MR) is 110 cm³/mol. The lowest BCUT2D eigenvalue weighted by Crippen LogP contribution is -2.15. The van der Waals surface area contributed by atoms with Crippen LogP contribution < -0.4 is 5.32 Å². The molecule has 0 bridgehead atoms. The fourth-order valence-corrected chi connectivity index (χ4v) is 3.94. The summed E-state index contributed by atoms with van der Waals surface area (Å²) in [6, 6.07) is 13.4. The first-order valence-corrected chi connectivity index (χ1v) is 9.88. The first-order valence-electron chi connectivity index (χ1n) is 9.00. The maximum Gasteiger partial charge on any atom is 0.230 e. The number of fused-ring (bicyclic) bond motifs is 1. The Balaban J connectivity index is 1.30. The maximum absolute atomic E-state index is 13.1. The van der Waals surface area contributed by atoms with Crippen molar-refractivity contribution in [3.05, 3.63) is 77.9 Å². The van der Waals surface area contributed by atoms with E-state index in [2.05, 4.69) is 25.8 Å². The lowest BCUT2D eigenvalue weighted by Gasteiger charge is -2.06. The van der Waals surface area contributed by atoms with E-state index in [4.69, 9.17) is 0 Å². The van der Waals surface area contributed by atoms with Gasteiger partial charge in [0.05, 0.1) is 17.8 Å². The zero-order valence-corrected chi connectivity index (χ0v) is 16.3. The summed E-state index contributed by atoms with van der Waals surface area (Å²) in [5, 5.41) is 15.8. The largest absolute Gasteiger partial charge is 0.326 e. The average Bonchev–Trinajstić information content (AvgIpc) is 3.48. The van der Waals surface area contributed by atoms with E-state index in [-0.39, 0.29) is 18.1 Å². The van der Waals surface area contributed by atoms with Gasteiger partial charge in [-0.05, 0) is 59.0 Å². The van der Waals surface area contributed by atoms with Gasteiger partial charge < -0.3 is 5.32 Å². The van der Waals surface area contributed by atoms with Crippen molar-refractivity contribution < 1.29 is 9.18 Å². The molecule has 0 aliphatic heterocycles. The Kier molecular flexibility index (Phi) is 4.52. The van der Waals surface area contributed by atoms with Crippen LogP contribution in [0.2, 0.25) is 0 Å². The van der Waals surface area contributed by atoms with Crippen LogP contribution in [-0.4, -0.2) is 35.5 Å². The van der Waals surface area contributed by atoms with Crippen LogP contribution in [0.25, 0.3) is 21.9 Å². The molecule has 0 unspecified atom stereocenters. The smallest absolute Gasteiger partial charge is 0.230 e. The Morgan fingerprint density at radius 3 is 2.63 bits per heavy atom. The standard InChI is InChI=1S/C20H14FN7OS/c21-14-3-1-13(2-4-14)18-10-27-17(11-30-20(27)24-18)9-19(29)23-15-5-7-16(8-6-15)28-12-22-25-26-28/h1-8,10-12H,9H2,(H,23,29). The Morgan fingerprint density at radius 1 is 1.10 bits per heavy atom. The molecule has 3 heterocycles. The molecule has 1 amide bonds. The van der Waals surface area contributed by atoms with Crippen LogP contribution in [0, 0.1) is 5.82 Å². The molecule has 0 aliphatic rings. The number of anilines is 1. The van der Waals surface area contributed by atoms with E-state index in [9.17, 15) is 9.18 Å². The third-order valence-electron chi connectivity index (χ3n) is 4.53. The van der Waals surface area contributed by atoms with Crippen molar-refractivity contribution >= 4 is 27.9 Å². The van der Waals surface area contributed by atoms with Gasteiger partial charge >= 0.3 is 0 Å². The van der Waals surface area contributed by atoms with Gasteiger partial charge in [-0.3, -0.25) is 9.20 Å². The van der Waals surface area contributed by atoms with Crippen LogP contribution in [0.5, 0.6) is 0 Å². The number of nitrogens with zero attached hydrogens (tertiary/aromatic N) is 6. The van der Waals surface area contributed by atoms with Crippen LogP contribution in [0.4, 0.5) is 10.1 Å². The molecule has 0 atom stereocenters. The number of carbonyl (C=O) groups is 1. The molecule has 0 fully saturated rings. The second-order valence-electron chi connectivity index (χ2n) is 6.54. The summed E-state index contributed by atoms with van der Waals surface area (Å²) in [4.78, 5) is 17.9. The summed E-state index contributed by atoms with van der Waals surface area (Å²) >= 11 is 1.46. The number of tetrazole rings is 1. The molecule has 0 saturated carbocycles. The van der Waals surface area contributed by atoms with Crippen molar-refractivity contribution in [3.8, 4) is 16.9 Å². The maximum atomic E-state index is 13.1. The molecule has 3 aromatic heterocycles. The minimum absolute atomic E-state index is 0.137. The Labute approximate surface area is 173 Å². The Hall–Kier alpha value is -3.92. The van der Waals surface area contributed by atoms with Crippen LogP contribution in [0.1, 0.15) is 5.69 Å². The van der Waals surface area contributed by atoms with Gasteiger partial charge in [-0.15, -0.1) is 16.4 Å². The van der Waals surface area contributed by atoms with Crippen molar-refractivity contribution in [2.45, 2.75) is 6.42 Å². The summed E-state index contributed by atoms with van der Waals surface area (Å²) in [6.07, 6.45) is 3.57. The van der Waals surface area contributed by atoms with E-state index in [0.29, 0.717) is 5.69 Å². The molecule has 30 heavy (non-hydrogen) atoms. The molecule has 2 aromatic carbocycles. The fourth-order valence-electron chi connectivity index (χ4n) is 3.06. The lowest BCUT2D eigenvalue weighted by atomic mass is 10.2. The minimum atomic E-state index is -0.289. The molecule has 5 aromatic rings. The van der Waals surface area contributed by atoms with Crippen molar-refractivity contribution in [2.75, 3.05) is 5.32 Å². The van der Waals surface area contributed by atoms with Crippen molar-refractivity contribution in [1.29, 1.82) is 0 Å². The highest BCUT2D eigenvalue weighted by atomic mass is 32.1. The van der Waals surface area contributed by atoms with Crippen LogP contribution in [-0.2, 0) is 11.2 Å². The minimum Gasteiger partial charge on any atom is -0.326 e. The van der Waals surface area contributed by atoms with Gasteiger partial charge in [0.1, 0.15) is 12.1 Å². The molecule has 148 valence electrons. The number of hydrogen-bond donors (Lipinski definition) is 1. The number of rotatable bonds is 5. The summed E-state index contributed by atoms with van der Waals surface area (Å²) in [5.74, 6) is -0.426. The predicted octanol–water partition coefficient (Wildman–Crippen LogP) is 3.36. The first kappa shape index (κ1) is 18.1. The van der Waals surface area contributed by atoms with E-state index in [1.165, 1.54) is 34.5 Å².